The number of amides is 2. The van der Waals surface area contributed by atoms with Crippen LogP contribution in [0, 0.1) is 0 Å². The lowest BCUT2D eigenvalue weighted by molar-refractivity contribution is -0.139. The zero-order valence-electron chi connectivity index (χ0n) is 11.0. The summed E-state index contributed by atoms with van der Waals surface area (Å²) in [6.45, 7) is 2.46. The number of carboxylic acids is 1. The van der Waals surface area contributed by atoms with Crippen molar-refractivity contribution in [2.45, 2.75) is 50.6 Å². The van der Waals surface area contributed by atoms with Gasteiger partial charge >= 0.3 is 12.0 Å². The number of carbonyl (C=O) groups excluding carboxylic acids is 1. The van der Waals surface area contributed by atoms with E-state index in [0.29, 0.717) is 19.4 Å². The summed E-state index contributed by atoms with van der Waals surface area (Å²) >= 11 is 0. The molecule has 1 rings (SSSR count). The van der Waals surface area contributed by atoms with E-state index in [9.17, 15) is 9.59 Å². The molecule has 3 N–H and O–H groups in total. The van der Waals surface area contributed by atoms with Gasteiger partial charge < -0.3 is 20.5 Å². The summed E-state index contributed by atoms with van der Waals surface area (Å²) in [5, 5.41) is 14.3. The Morgan fingerprint density at radius 2 is 2.11 bits per heavy atom. The number of nitrogens with one attached hydrogen (secondary N) is 2. The second kappa shape index (κ2) is 6.58. The second-order valence-electron chi connectivity index (χ2n) is 5.04. The maximum absolute atomic E-state index is 11.7. The number of ether oxygens (including phenoxy) is 1. The molecule has 1 aliphatic rings. The van der Waals surface area contributed by atoms with Gasteiger partial charge in [-0.3, -0.25) is 0 Å². The van der Waals surface area contributed by atoms with Gasteiger partial charge in [0.1, 0.15) is 6.04 Å². The first-order valence-corrected chi connectivity index (χ1v) is 6.27. The summed E-state index contributed by atoms with van der Waals surface area (Å²) in [5.74, 6) is -1.01. The standard InChI is InChI=1S/C12H22N2O4/c1-12(6-4-7-12)14-11(17)13-9(10(15)16)5-3-8-18-2/h9H,3-8H2,1-2H3,(H,15,16)(H2,13,14,17). The summed E-state index contributed by atoms with van der Waals surface area (Å²) in [5.41, 5.74) is -0.167. The fourth-order valence-electron chi connectivity index (χ4n) is 1.99. The molecule has 1 aliphatic carbocycles. The summed E-state index contributed by atoms with van der Waals surface area (Å²) in [4.78, 5) is 22.7. The Kier molecular flexibility index (Phi) is 5.40. The van der Waals surface area contributed by atoms with Crippen molar-refractivity contribution in [3.05, 3.63) is 0 Å². The summed E-state index contributed by atoms with van der Waals surface area (Å²) in [6, 6.07) is -1.26. The molecule has 0 heterocycles. The molecule has 2 amide bonds. The zero-order valence-corrected chi connectivity index (χ0v) is 11.0. The van der Waals surface area contributed by atoms with Crippen LogP contribution in [0.1, 0.15) is 39.0 Å². The summed E-state index contributed by atoms with van der Waals surface area (Å²) in [6.07, 6.45) is 3.97. The van der Waals surface area contributed by atoms with E-state index in [-0.39, 0.29) is 5.54 Å². The predicted molar refractivity (Wildman–Crippen MR) is 66.5 cm³/mol. The number of aliphatic carboxylic acids is 1. The van der Waals surface area contributed by atoms with Gasteiger partial charge in [0.05, 0.1) is 0 Å². The van der Waals surface area contributed by atoms with Crippen LogP contribution in [-0.2, 0) is 9.53 Å². The smallest absolute Gasteiger partial charge is 0.326 e. The van der Waals surface area contributed by atoms with Gasteiger partial charge in [0, 0.05) is 19.3 Å². The van der Waals surface area contributed by atoms with E-state index < -0.39 is 18.0 Å². The monoisotopic (exact) mass is 258 g/mol. The molecule has 0 spiro atoms. The number of rotatable bonds is 7. The van der Waals surface area contributed by atoms with Crippen molar-refractivity contribution in [3.8, 4) is 0 Å². The molecule has 0 aromatic heterocycles. The number of urea groups is 1. The third-order valence-electron chi connectivity index (χ3n) is 3.32. The number of hydrogen-bond acceptors (Lipinski definition) is 3. The highest BCUT2D eigenvalue weighted by Crippen LogP contribution is 2.30. The SMILES string of the molecule is COCCCC(NC(=O)NC1(C)CCC1)C(=O)O. The molecule has 1 fully saturated rings. The van der Waals surface area contributed by atoms with Crippen LogP contribution >= 0.6 is 0 Å². The Balaban J connectivity index is 2.35. The topological polar surface area (TPSA) is 87.7 Å². The van der Waals surface area contributed by atoms with Crippen LogP contribution in [0.5, 0.6) is 0 Å². The lowest BCUT2D eigenvalue weighted by Gasteiger charge is -2.39. The molecule has 0 bridgehead atoms. The minimum atomic E-state index is -1.01. The van der Waals surface area contributed by atoms with Gasteiger partial charge in [-0.1, -0.05) is 0 Å². The third-order valence-corrected chi connectivity index (χ3v) is 3.32. The van der Waals surface area contributed by atoms with Crippen molar-refractivity contribution < 1.29 is 19.4 Å². The summed E-state index contributed by atoms with van der Waals surface area (Å²) < 4.78 is 4.86. The highest BCUT2D eigenvalue weighted by molar-refractivity contribution is 5.82. The molecule has 1 atom stereocenters. The first-order chi connectivity index (χ1) is 8.47. The molecule has 18 heavy (non-hydrogen) atoms. The minimum Gasteiger partial charge on any atom is -0.480 e. The normalized spacial score (nSPS) is 18.6. The Labute approximate surface area is 107 Å². The van der Waals surface area contributed by atoms with E-state index in [1.54, 1.807) is 7.11 Å². The molecule has 0 radical (unpaired) electrons. The van der Waals surface area contributed by atoms with E-state index in [0.717, 1.165) is 19.3 Å². The highest BCUT2D eigenvalue weighted by Gasteiger charge is 2.34. The van der Waals surface area contributed by atoms with Crippen LogP contribution < -0.4 is 10.6 Å². The molecule has 1 saturated carbocycles. The first kappa shape index (κ1) is 14.8. The first-order valence-electron chi connectivity index (χ1n) is 6.27. The van der Waals surface area contributed by atoms with Crippen molar-refractivity contribution in [2.24, 2.45) is 0 Å². The Morgan fingerprint density at radius 3 is 2.56 bits per heavy atom. The Morgan fingerprint density at radius 1 is 1.44 bits per heavy atom. The van der Waals surface area contributed by atoms with Crippen molar-refractivity contribution in [2.75, 3.05) is 13.7 Å². The van der Waals surface area contributed by atoms with Crippen LogP contribution in [0.15, 0.2) is 0 Å². The van der Waals surface area contributed by atoms with Gasteiger partial charge in [-0.2, -0.15) is 0 Å². The van der Waals surface area contributed by atoms with Crippen LogP contribution in [0.2, 0.25) is 0 Å². The molecule has 0 aromatic rings. The van der Waals surface area contributed by atoms with Crippen molar-refractivity contribution in [1.82, 2.24) is 10.6 Å². The molecule has 6 nitrogen and oxygen atoms in total. The Bertz CT molecular complexity index is 302. The molecule has 0 saturated heterocycles. The van der Waals surface area contributed by atoms with Gasteiger partial charge in [0.2, 0.25) is 0 Å². The number of carboxylic acid groups (broad SMARTS) is 1. The van der Waals surface area contributed by atoms with Crippen LogP contribution in [0.3, 0.4) is 0 Å². The van der Waals surface area contributed by atoms with E-state index in [2.05, 4.69) is 10.6 Å². The van der Waals surface area contributed by atoms with Gasteiger partial charge in [0.15, 0.2) is 0 Å². The van der Waals surface area contributed by atoms with Crippen LogP contribution in [0.4, 0.5) is 4.79 Å². The number of methoxy groups -OCH3 is 1. The van der Waals surface area contributed by atoms with Gasteiger partial charge in [-0.15, -0.1) is 0 Å². The third kappa shape index (κ3) is 4.52. The molecule has 104 valence electrons. The van der Waals surface area contributed by atoms with Crippen LogP contribution in [0.25, 0.3) is 0 Å². The maximum atomic E-state index is 11.7. The molecule has 1 unspecified atom stereocenters. The van der Waals surface area contributed by atoms with E-state index >= 15 is 0 Å². The molecular weight excluding hydrogens is 236 g/mol. The van der Waals surface area contributed by atoms with Gasteiger partial charge in [-0.25, -0.2) is 9.59 Å². The lowest BCUT2D eigenvalue weighted by Crippen LogP contribution is -2.56. The average molecular weight is 258 g/mol. The van der Waals surface area contributed by atoms with E-state index in [1.165, 1.54) is 0 Å². The van der Waals surface area contributed by atoms with Crippen molar-refractivity contribution in [1.29, 1.82) is 0 Å². The quantitative estimate of drug-likeness (QED) is 0.597. The molecule has 6 heteroatoms. The molecule has 0 aliphatic heterocycles. The summed E-state index contributed by atoms with van der Waals surface area (Å²) in [7, 11) is 1.56. The largest absolute Gasteiger partial charge is 0.480 e. The van der Waals surface area contributed by atoms with Gasteiger partial charge in [0.25, 0.3) is 0 Å². The van der Waals surface area contributed by atoms with Crippen molar-refractivity contribution >= 4 is 12.0 Å². The maximum Gasteiger partial charge on any atom is 0.326 e. The lowest BCUT2D eigenvalue weighted by atomic mass is 9.79. The fraction of sp³-hybridized carbons (Fsp3) is 0.833. The minimum absolute atomic E-state index is 0.167. The van der Waals surface area contributed by atoms with Crippen molar-refractivity contribution in [3.63, 3.8) is 0 Å². The van der Waals surface area contributed by atoms with E-state index in [1.807, 2.05) is 6.92 Å². The number of carbonyl (C=O) groups is 2. The zero-order chi connectivity index (χ0) is 13.6. The molecule has 0 aromatic carbocycles. The second-order valence-corrected chi connectivity index (χ2v) is 5.04. The predicted octanol–water partition coefficient (Wildman–Crippen LogP) is 1.11. The molecular formula is C12H22N2O4. The van der Waals surface area contributed by atoms with Crippen LogP contribution in [-0.4, -0.2) is 42.4 Å². The highest BCUT2D eigenvalue weighted by atomic mass is 16.5. The fourth-order valence-corrected chi connectivity index (χ4v) is 1.99. The van der Waals surface area contributed by atoms with E-state index in [4.69, 9.17) is 9.84 Å². The number of hydrogen-bond donors (Lipinski definition) is 3. The Hall–Kier alpha value is -1.30. The van der Waals surface area contributed by atoms with Gasteiger partial charge in [-0.05, 0) is 39.0 Å². The average Bonchev–Trinajstić information content (AvgIpc) is 2.25.